The number of anilines is 2. The molecule has 0 fully saturated rings. The first-order valence-electron chi connectivity index (χ1n) is 19.2. The van der Waals surface area contributed by atoms with E-state index in [1.165, 1.54) is 23.5 Å². The zero-order valence-corrected chi connectivity index (χ0v) is 38.3. The molecule has 2 atom stereocenters. The van der Waals surface area contributed by atoms with Crippen molar-refractivity contribution in [1.29, 1.82) is 0 Å². The molecule has 2 heterocycles. The van der Waals surface area contributed by atoms with Crippen LogP contribution in [0.25, 0.3) is 0 Å². The second kappa shape index (κ2) is 20.9. The Balaban J connectivity index is 1.28. The van der Waals surface area contributed by atoms with Gasteiger partial charge in [-0.05, 0) is 103 Å². The van der Waals surface area contributed by atoms with Gasteiger partial charge in [0.25, 0.3) is 10.1 Å². The summed E-state index contributed by atoms with van der Waals surface area (Å²) in [5.41, 5.74) is 5.33. The van der Waals surface area contributed by atoms with E-state index in [4.69, 9.17) is 65.9 Å². The number of aliphatic imine (C=N–C) groups is 2. The van der Waals surface area contributed by atoms with E-state index in [-0.39, 0.29) is 13.1 Å². The van der Waals surface area contributed by atoms with Crippen molar-refractivity contribution in [1.82, 2.24) is 9.80 Å². The summed E-state index contributed by atoms with van der Waals surface area (Å²) >= 11 is 29.2. The molecule has 0 aromatic heterocycles. The summed E-state index contributed by atoms with van der Waals surface area (Å²) in [7, 11) is 8.02. The summed E-state index contributed by atoms with van der Waals surface area (Å²) < 4.78 is 12.5. The van der Waals surface area contributed by atoms with Gasteiger partial charge in [0.15, 0.2) is 0 Å². The lowest BCUT2D eigenvalue weighted by Crippen LogP contribution is -2.43. The quantitative estimate of drug-likeness (QED) is 0.0488. The molecule has 2 N–H and O–H groups in total. The minimum Gasteiger partial charge on any atom is -0.424 e. The number of carbonyl (C=O) groups excluding carboxylic acids is 2. The maximum absolute atomic E-state index is 13.8. The van der Waals surface area contributed by atoms with Crippen LogP contribution in [-0.4, -0.2) is 109 Å². The number of benzodiazepines with no additional fused rings is 2. The Morgan fingerprint density at radius 2 is 1.03 bits per heavy atom. The number of hydrogen-bond acceptors (Lipinski definition) is 12. The van der Waals surface area contributed by atoms with E-state index in [1.807, 2.05) is 76.7 Å². The molecular formula is C44H46Cl4N6O4S2. The second-order valence-electron chi connectivity index (χ2n) is 14.6. The highest BCUT2D eigenvalue weighted by Crippen LogP contribution is 2.39. The zero-order valence-electron chi connectivity index (χ0n) is 33.6. The Morgan fingerprint density at radius 3 is 1.42 bits per heavy atom. The maximum atomic E-state index is 13.8. The van der Waals surface area contributed by atoms with Gasteiger partial charge in [0.05, 0.1) is 11.4 Å². The van der Waals surface area contributed by atoms with Crippen molar-refractivity contribution in [3.05, 3.63) is 139 Å². The molecule has 10 nitrogen and oxygen atoms in total. The lowest BCUT2D eigenvalue weighted by Gasteiger charge is -2.33. The molecule has 0 saturated heterocycles. The maximum Gasteiger partial charge on any atom is 0.333 e. The van der Waals surface area contributed by atoms with E-state index in [0.29, 0.717) is 76.6 Å². The van der Waals surface area contributed by atoms with Crippen LogP contribution in [-0.2, 0) is 19.1 Å². The number of hydrogen-bond donors (Lipinski definition) is 2. The first-order valence-corrected chi connectivity index (χ1v) is 22.7. The minimum absolute atomic E-state index is 0.0301. The number of fused-ring (bicyclic) bond motifs is 2. The smallest absolute Gasteiger partial charge is 0.333 e. The van der Waals surface area contributed by atoms with Gasteiger partial charge >= 0.3 is 11.9 Å². The second-order valence-corrected chi connectivity index (χ2v) is 19.0. The number of carbonyl (C=O) groups is 2. The third-order valence-electron chi connectivity index (χ3n) is 9.33. The van der Waals surface area contributed by atoms with Crippen molar-refractivity contribution in [3.8, 4) is 0 Å². The van der Waals surface area contributed by atoms with Crippen LogP contribution in [0.15, 0.2) is 107 Å². The molecule has 0 spiro atoms. The summed E-state index contributed by atoms with van der Waals surface area (Å²) in [6.45, 7) is 1.71. The standard InChI is InChI=1S/C44H46Cl4N6O4S2/c1-53(2)21-9-23-59-43(27-49-41(31-11-5-7-13-35(31)47)33-25-29(45)15-17-37(33)51-43)57-39(55)19-20-40(56)58-44(60-24-10-22-54(3)4)28-50-42(32-12-6-8-14-36(32)48)34-26-30(46)16-18-38(34)52-44/h5-8,11-20,25-26,51-52H,9-10,21-24,27-28H2,1-4H3/b20-19+. The van der Waals surface area contributed by atoms with Crippen molar-refractivity contribution < 1.29 is 19.1 Å². The third-order valence-corrected chi connectivity index (χ3v) is 13.0. The lowest BCUT2D eigenvalue weighted by molar-refractivity contribution is -0.146. The molecule has 0 radical (unpaired) electrons. The number of thioether (sulfide) groups is 2. The van der Waals surface area contributed by atoms with E-state index in [0.717, 1.165) is 38.1 Å². The summed E-state index contributed by atoms with van der Waals surface area (Å²) in [6.07, 6.45) is 3.77. The van der Waals surface area contributed by atoms with Gasteiger partial charge in [0, 0.05) is 77.4 Å². The van der Waals surface area contributed by atoms with E-state index in [9.17, 15) is 9.59 Å². The number of esters is 2. The first kappa shape index (κ1) is 45.8. The molecule has 0 amide bonds. The fourth-order valence-electron chi connectivity index (χ4n) is 6.54. The Morgan fingerprint density at radius 1 is 0.633 bits per heavy atom. The Labute approximate surface area is 380 Å². The van der Waals surface area contributed by atoms with E-state index in [2.05, 4.69) is 20.4 Å². The fourth-order valence-corrected chi connectivity index (χ4v) is 9.50. The first-order chi connectivity index (χ1) is 28.8. The molecule has 4 aromatic carbocycles. The highest BCUT2D eigenvalue weighted by molar-refractivity contribution is 8.00. The van der Waals surface area contributed by atoms with Gasteiger partial charge in [-0.25, -0.2) is 9.59 Å². The van der Waals surface area contributed by atoms with Gasteiger partial charge < -0.3 is 29.9 Å². The van der Waals surface area contributed by atoms with E-state index in [1.54, 1.807) is 36.4 Å². The number of nitrogens with one attached hydrogen (secondary N) is 2. The van der Waals surface area contributed by atoms with Crippen LogP contribution in [0.5, 0.6) is 0 Å². The van der Waals surface area contributed by atoms with Crippen LogP contribution in [0, 0.1) is 0 Å². The molecule has 0 bridgehead atoms. The zero-order chi connectivity index (χ0) is 42.9. The molecule has 0 saturated carbocycles. The van der Waals surface area contributed by atoms with E-state index < -0.39 is 22.1 Å². The molecular weight excluding hydrogens is 882 g/mol. The van der Waals surface area contributed by atoms with Crippen LogP contribution in [0.1, 0.15) is 35.1 Å². The predicted molar refractivity (Wildman–Crippen MR) is 252 cm³/mol. The molecule has 6 rings (SSSR count). The van der Waals surface area contributed by atoms with Gasteiger partial charge in [0.2, 0.25) is 0 Å². The summed E-state index contributed by atoms with van der Waals surface area (Å²) in [6, 6.07) is 25.6. The molecule has 316 valence electrons. The largest absolute Gasteiger partial charge is 0.424 e. The Kier molecular flexibility index (Phi) is 16.0. The van der Waals surface area contributed by atoms with Crippen LogP contribution in [0.2, 0.25) is 20.1 Å². The molecule has 0 aliphatic carbocycles. The fraction of sp³-hybridized carbons (Fsp3) is 0.318. The van der Waals surface area contributed by atoms with Crippen LogP contribution in [0.4, 0.5) is 11.4 Å². The summed E-state index contributed by atoms with van der Waals surface area (Å²) in [4.78, 5) is 41.8. The van der Waals surface area contributed by atoms with Gasteiger partial charge in [-0.1, -0.05) is 106 Å². The Bertz CT molecular complexity index is 2140. The van der Waals surface area contributed by atoms with Gasteiger partial charge in [-0.3, -0.25) is 9.98 Å². The monoisotopic (exact) mass is 926 g/mol. The number of benzene rings is 4. The predicted octanol–water partition coefficient (Wildman–Crippen LogP) is 9.85. The number of rotatable bonds is 16. The van der Waals surface area contributed by atoms with Gasteiger partial charge in [0.1, 0.15) is 13.1 Å². The van der Waals surface area contributed by atoms with Crippen molar-refractivity contribution in [2.45, 2.75) is 23.0 Å². The third kappa shape index (κ3) is 12.0. The minimum atomic E-state index is -1.36. The van der Waals surface area contributed by atoms with E-state index >= 15 is 0 Å². The average molecular weight is 929 g/mol. The Hall–Kier alpha value is -3.72. The van der Waals surface area contributed by atoms with Gasteiger partial charge in [-0.2, -0.15) is 0 Å². The molecule has 2 aliphatic heterocycles. The molecule has 4 aromatic rings. The van der Waals surface area contributed by atoms with Crippen molar-refractivity contribution in [2.75, 3.05) is 76.5 Å². The normalized spacial score (nSPS) is 18.7. The lowest BCUT2D eigenvalue weighted by atomic mass is 10.0. The topological polar surface area (TPSA) is 108 Å². The number of ether oxygens (including phenoxy) is 2. The number of halogens is 4. The highest BCUT2D eigenvalue weighted by atomic mass is 35.5. The molecule has 60 heavy (non-hydrogen) atoms. The van der Waals surface area contributed by atoms with Crippen molar-refractivity contribution >= 4 is 105 Å². The van der Waals surface area contributed by atoms with Crippen molar-refractivity contribution in [3.63, 3.8) is 0 Å². The van der Waals surface area contributed by atoms with Crippen LogP contribution < -0.4 is 10.6 Å². The summed E-state index contributed by atoms with van der Waals surface area (Å²) in [5.74, 6) is -0.279. The SMILES string of the molecule is CN(C)CCCSC1(OC(=O)/C=C/C(=O)OC2(SCCCN(C)C)CN=C(c3ccccc3Cl)c3cc(Cl)ccc3N2)CN=C(c2ccccc2Cl)c2cc(Cl)ccc2N1. The number of nitrogens with zero attached hydrogens (tertiary/aromatic N) is 4. The average Bonchev–Trinajstić information content (AvgIpc) is 3.45. The van der Waals surface area contributed by atoms with Crippen molar-refractivity contribution in [2.24, 2.45) is 9.98 Å². The molecule has 2 unspecified atom stereocenters. The summed E-state index contributed by atoms with van der Waals surface area (Å²) in [5, 5.41) is 6.27. The van der Waals surface area contributed by atoms with Crippen LogP contribution >= 0.6 is 69.9 Å². The highest BCUT2D eigenvalue weighted by Gasteiger charge is 2.40. The van der Waals surface area contributed by atoms with Crippen LogP contribution in [0.3, 0.4) is 0 Å². The van der Waals surface area contributed by atoms with Gasteiger partial charge in [-0.15, -0.1) is 0 Å². The molecule has 16 heteroatoms. The molecule has 2 aliphatic rings.